The smallest absolute Gasteiger partial charge is 0.358 e. The van der Waals surface area contributed by atoms with Gasteiger partial charge in [0.2, 0.25) is 0 Å². The van der Waals surface area contributed by atoms with E-state index in [1.54, 1.807) is 19.3 Å². The number of hydrogen-bond donors (Lipinski definition) is 0. The lowest BCUT2D eigenvalue weighted by Crippen LogP contribution is -2.02. The first-order valence-electron chi connectivity index (χ1n) is 8.26. The standard InChI is InChI=1S/C21H18ClN3O2/c1-25-20(13-19(24-25)21(26)27-2)23-14-17(16-6-4-3-5-7-16)12-15-8-10-18(22)11-9-15/h3-14H,1-2H3/b17-12-,23-14-. The number of aryl methyl sites for hydroxylation is 1. The third-order valence-corrected chi connectivity index (χ3v) is 4.14. The Morgan fingerprint density at radius 1 is 1.15 bits per heavy atom. The summed E-state index contributed by atoms with van der Waals surface area (Å²) in [6, 6.07) is 19.1. The lowest BCUT2D eigenvalue weighted by Gasteiger charge is -2.03. The summed E-state index contributed by atoms with van der Waals surface area (Å²) < 4.78 is 6.23. The quantitative estimate of drug-likeness (QED) is 0.363. The summed E-state index contributed by atoms with van der Waals surface area (Å²) in [5.74, 6) is 0.0559. The number of benzene rings is 2. The fraction of sp³-hybridized carbons (Fsp3) is 0.0952. The van der Waals surface area contributed by atoms with E-state index in [0.29, 0.717) is 10.8 Å². The molecule has 5 nitrogen and oxygen atoms in total. The van der Waals surface area contributed by atoms with Crippen LogP contribution in [0.2, 0.25) is 5.02 Å². The summed E-state index contributed by atoms with van der Waals surface area (Å²) in [6.45, 7) is 0. The highest BCUT2D eigenvalue weighted by Gasteiger charge is 2.12. The van der Waals surface area contributed by atoms with Gasteiger partial charge in [0.05, 0.1) is 7.11 Å². The van der Waals surface area contributed by atoms with Crippen LogP contribution in [0.4, 0.5) is 5.82 Å². The predicted octanol–water partition coefficient (Wildman–Crippen LogP) is 4.80. The molecule has 0 amide bonds. The number of aromatic nitrogens is 2. The molecular weight excluding hydrogens is 362 g/mol. The van der Waals surface area contributed by atoms with Crippen LogP contribution in [0.3, 0.4) is 0 Å². The third kappa shape index (κ3) is 4.71. The molecule has 0 aliphatic heterocycles. The van der Waals surface area contributed by atoms with E-state index >= 15 is 0 Å². The minimum absolute atomic E-state index is 0.218. The zero-order valence-corrected chi connectivity index (χ0v) is 15.7. The predicted molar refractivity (Wildman–Crippen MR) is 108 cm³/mol. The highest BCUT2D eigenvalue weighted by atomic mass is 35.5. The van der Waals surface area contributed by atoms with Gasteiger partial charge in [-0.15, -0.1) is 0 Å². The fourth-order valence-electron chi connectivity index (χ4n) is 2.48. The van der Waals surface area contributed by atoms with Crippen LogP contribution in [0.25, 0.3) is 11.6 Å². The molecule has 27 heavy (non-hydrogen) atoms. The van der Waals surface area contributed by atoms with Crippen LogP contribution >= 0.6 is 11.6 Å². The molecule has 0 atom stereocenters. The van der Waals surface area contributed by atoms with Crippen LogP contribution in [0.5, 0.6) is 0 Å². The molecule has 0 fully saturated rings. The third-order valence-electron chi connectivity index (χ3n) is 3.88. The van der Waals surface area contributed by atoms with E-state index < -0.39 is 5.97 Å². The number of halogens is 1. The molecule has 0 bridgehead atoms. The highest BCUT2D eigenvalue weighted by Crippen LogP contribution is 2.20. The summed E-state index contributed by atoms with van der Waals surface area (Å²) in [6.07, 6.45) is 3.77. The number of carbonyl (C=O) groups is 1. The van der Waals surface area contributed by atoms with Crippen LogP contribution in [-0.4, -0.2) is 29.1 Å². The van der Waals surface area contributed by atoms with Gasteiger partial charge in [0.25, 0.3) is 0 Å². The van der Waals surface area contributed by atoms with Gasteiger partial charge < -0.3 is 4.74 Å². The molecule has 3 aromatic rings. The molecule has 0 aliphatic carbocycles. The van der Waals surface area contributed by atoms with Gasteiger partial charge in [-0.2, -0.15) is 5.10 Å². The number of methoxy groups -OCH3 is 1. The molecule has 0 spiro atoms. The normalized spacial score (nSPS) is 11.7. The van der Waals surface area contributed by atoms with Crippen molar-refractivity contribution in [1.29, 1.82) is 0 Å². The molecule has 1 heterocycles. The van der Waals surface area contributed by atoms with Gasteiger partial charge in [-0.1, -0.05) is 54.1 Å². The zero-order chi connectivity index (χ0) is 19.2. The average molecular weight is 380 g/mol. The number of aliphatic imine (C=N–C) groups is 1. The number of rotatable bonds is 5. The molecule has 0 aliphatic rings. The molecule has 0 saturated heterocycles. The van der Waals surface area contributed by atoms with Crippen molar-refractivity contribution in [1.82, 2.24) is 9.78 Å². The summed E-state index contributed by atoms with van der Waals surface area (Å²) in [4.78, 5) is 16.1. The molecular formula is C21H18ClN3O2. The van der Waals surface area contributed by atoms with Gasteiger partial charge in [0.1, 0.15) is 0 Å². The number of ether oxygens (including phenoxy) is 1. The zero-order valence-electron chi connectivity index (χ0n) is 15.0. The number of allylic oxidation sites excluding steroid dienone is 1. The topological polar surface area (TPSA) is 56.5 Å². The van der Waals surface area contributed by atoms with E-state index in [1.807, 2.05) is 60.7 Å². The second-order valence-electron chi connectivity index (χ2n) is 5.78. The molecule has 0 N–H and O–H groups in total. The molecule has 136 valence electrons. The Kier molecular flexibility index (Phi) is 5.84. The maximum atomic E-state index is 11.6. The average Bonchev–Trinajstić information content (AvgIpc) is 3.07. The van der Waals surface area contributed by atoms with Crippen molar-refractivity contribution in [2.24, 2.45) is 12.0 Å². The first-order valence-corrected chi connectivity index (χ1v) is 8.64. The SMILES string of the molecule is COC(=O)c1cc(/N=C\C(=C\c2ccc(Cl)cc2)c2ccccc2)n(C)n1. The molecule has 0 unspecified atom stereocenters. The first-order chi connectivity index (χ1) is 13.1. The Labute approximate surface area is 162 Å². The van der Waals surface area contributed by atoms with Crippen LogP contribution in [0, 0.1) is 0 Å². The maximum Gasteiger partial charge on any atom is 0.358 e. The van der Waals surface area contributed by atoms with Crippen LogP contribution in [0.15, 0.2) is 65.7 Å². The molecule has 1 aromatic heterocycles. The van der Waals surface area contributed by atoms with Gasteiger partial charge in [-0.3, -0.25) is 4.68 Å². The van der Waals surface area contributed by atoms with Crippen molar-refractivity contribution in [3.63, 3.8) is 0 Å². The van der Waals surface area contributed by atoms with Crippen molar-refractivity contribution in [3.05, 3.63) is 82.5 Å². The summed E-state index contributed by atoms with van der Waals surface area (Å²) in [5, 5.41) is 4.81. The first kappa shape index (κ1) is 18.6. The van der Waals surface area contributed by atoms with E-state index in [-0.39, 0.29) is 5.69 Å². The minimum Gasteiger partial charge on any atom is -0.464 e. The largest absolute Gasteiger partial charge is 0.464 e. The number of hydrogen-bond acceptors (Lipinski definition) is 4. The summed E-state index contributed by atoms with van der Waals surface area (Å²) in [7, 11) is 3.05. The highest BCUT2D eigenvalue weighted by molar-refractivity contribution is 6.30. The molecule has 3 rings (SSSR count). The van der Waals surface area contributed by atoms with Gasteiger partial charge >= 0.3 is 5.97 Å². The second-order valence-corrected chi connectivity index (χ2v) is 6.21. The van der Waals surface area contributed by atoms with Crippen LogP contribution < -0.4 is 0 Å². The van der Waals surface area contributed by atoms with Crippen LogP contribution in [0.1, 0.15) is 21.6 Å². The van der Waals surface area contributed by atoms with Crippen molar-refractivity contribution in [2.45, 2.75) is 0 Å². The van der Waals surface area contributed by atoms with Gasteiger partial charge in [0, 0.05) is 29.9 Å². The lowest BCUT2D eigenvalue weighted by molar-refractivity contribution is 0.0593. The summed E-state index contributed by atoms with van der Waals surface area (Å²) in [5.41, 5.74) is 3.16. The van der Waals surface area contributed by atoms with Gasteiger partial charge in [-0.05, 0) is 29.3 Å². The Morgan fingerprint density at radius 3 is 2.52 bits per heavy atom. The van der Waals surface area contributed by atoms with Crippen molar-refractivity contribution in [3.8, 4) is 0 Å². The van der Waals surface area contributed by atoms with Gasteiger partial charge in [-0.25, -0.2) is 9.79 Å². The molecule has 6 heteroatoms. The Balaban J connectivity index is 1.97. The Bertz CT molecular complexity index is 990. The second kappa shape index (κ2) is 8.47. The van der Waals surface area contributed by atoms with Crippen molar-refractivity contribution in [2.75, 3.05) is 7.11 Å². The number of esters is 1. The Hall–Kier alpha value is -3.18. The van der Waals surface area contributed by atoms with E-state index in [1.165, 1.54) is 11.8 Å². The van der Waals surface area contributed by atoms with Crippen LogP contribution in [-0.2, 0) is 11.8 Å². The maximum absolute atomic E-state index is 11.6. The van der Waals surface area contributed by atoms with E-state index in [9.17, 15) is 4.79 Å². The molecule has 2 aromatic carbocycles. The van der Waals surface area contributed by atoms with Crippen molar-refractivity contribution >= 4 is 41.3 Å². The minimum atomic E-state index is -0.493. The lowest BCUT2D eigenvalue weighted by atomic mass is 10.0. The molecule has 0 radical (unpaired) electrons. The van der Waals surface area contributed by atoms with E-state index in [2.05, 4.69) is 10.1 Å². The number of nitrogens with zero attached hydrogens (tertiary/aromatic N) is 3. The summed E-state index contributed by atoms with van der Waals surface area (Å²) >= 11 is 5.97. The fourth-order valence-corrected chi connectivity index (χ4v) is 2.61. The Morgan fingerprint density at radius 2 is 1.85 bits per heavy atom. The van der Waals surface area contributed by atoms with E-state index in [4.69, 9.17) is 16.3 Å². The monoisotopic (exact) mass is 379 g/mol. The number of carbonyl (C=O) groups excluding carboxylic acids is 1. The van der Waals surface area contributed by atoms with Gasteiger partial charge in [0.15, 0.2) is 11.5 Å². The molecule has 0 saturated carbocycles. The van der Waals surface area contributed by atoms with E-state index in [0.717, 1.165) is 16.7 Å². The van der Waals surface area contributed by atoms with Crippen molar-refractivity contribution < 1.29 is 9.53 Å².